The first kappa shape index (κ1) is 30.9. The standard InChI is InChI=1S/C28H26N8O4S2/c29-27(41)35-33-25(39)21(31-23(37)19-7-3-1-4-8-19)15-17-11-13-18(14-12-17)16-22(26(40)34-36-28(30)42)32-24(38)20-9-5-2-6-10-20/h1-16H,(H,31,37)(H,32,38)(H,33,39)(H,34,40)(H3,29,35,41)(H3,30,36,42)/b21-15-,22-16-. The van der Waals surface area contributed by atoms with Crippen molar-refractivity contribution >= 4 is 70.4 Å². The molecule has 0 unspecified atom stereocenters. The first-order valence-electron chi connectivity index (χ1n) is 12.1. The summed E-state index contributed by atoms with van der Waals surface area (Å²) in [7, 11) is 0. The van der Waals surface area contributed by atoms with Crippen LogP contribution in [0.1, 0.15) is 31.8 Å². The predicted molar refractivity (Wildman–Crippen MR) is 166 cm³/mol. The third-order valence-electron chi connectivity index (χ3n) is 5.21. The lowest BCUT2D eigenvalue weighted by Gasteiger charge is -2.12. The van der Waals surface area contributed by atoms with E-state index in [0.29, 0.717) is 22.3 Å². The molecule has 0 saturated heterocycles. The number of nitrogens with two attached hydrogens (primary N) is 2. The van der Waals surface area contributed by atoms with Gasteiger partial charge in [0, 0.05) is 11.1 Å². The van der Waals surface area contributed by atoms with Crippen LogP contribution in [0, 0.1) is 0 Å². The fraction of sp³-hybridized carbons (Fsp3) is 0. The second-order valence-electron chi connectivity index (χ2n) is 8.31. The number of thiocarbonyl (C=S) groups is 2. The van der Waals surface area contributed by atoms with E-state index in [4.69, 9.17) is 35.9 Å². The van der Waals surface area contributed by atoms with Gasteiger partial charge in [-0.05, 0) is 72.0 Å². The van der Waals surface area contributed by atoms with E-state index < -0.39 is 23.6 Å². The van der Waals surface area contributed by atoms with Crippen LogP contribution in [0.2, 0.25) is 0 Å². The highest BCUT2D eigenvalue weighted by Crippen LogP contribution is 2.13. The van der Waals surface area contributed by atoms with Crippen molar-refractivity contribution in [3.8, 4) is 0 Å². The zero-order valence-electron chi connectivity index (χ0n) is 21.8. The van der Waals surface area contributed by atoms with Crippen molar-refractivity contribution in [1.29, 1.82) is 0 Å². The number of nitrogens with one attached hydrogen (secondary N) is 6. The van der Waals surface area contributed by atoms with E-state index in [1.807, 2.05) is 0 Å². The molecule has 0 atom stereocenters. The molecule has 0 heterocycles. The van der Waals surface area contributed by atoms with Gasteiger partial charge in [0.25, 0.3) is 23.6 Å². The molecule has 4 amide bonds. The minimum Gasteiger partial charge on any atom is -0.375 e. The molecule has 0 spiro atoms. The molecule has 214 valence electrons. The third kappa shape index (κ3) is 9.86. The SMILES string of the molecule is NC(=S)NNC(=O)/C(=C/c1ccc(/C=C(\NC(=O)c2ccccc2)C(=O)NNC(N)=S)cc1)NC(=O)c1ccccc1. The molecule has 0 aliphatic rings. The Labute approximate surface area is 251 Å². The second-order valence-corrected chi connectivity index (χ2v) is 9.19. The van der Waals surface area contributed by atoms with Crippen LogP contribution in [-0.4, -0.2) is 33.9 Å². The predicted octanol–water partition coefficient (Wildman–Crippen LogP) is 0.957. The molecule has 0 saturated carbocycles. The smallest absolute Gasteiger partial charge is 0.286 e. The highest BCUT2D eigenvalue weighted by Gasteiger charge is 2.16. The summed E-state index contributed by atoms with van der Waals surface area (Å²) >= 11 is 9.43. The summed E-state index contributed by atoms with van der Waals surface area (Å²) in [5.41, 5.74) is 21.6. The van der Waals surface area contributed by atoms with E-state index in [0.717, 1.165) is 0 Å². The Hall–Kier alpha value is -5.60. The fourth-order valence-electron chi connectivity index (χ4n) is 3.28. The maximum Gasteiger partial charge on any atom is 0.286 e. The van der Waals surface area contributed by atoms with Crippen LogP contribution in [-0.2, 0) is 9.59 Å². The van der Waals surface area contributed by atoms with Gasteiger partial charge in [0.2, 0.25) is 0 Å². The summed E-state index contributed by atoms with van der Waals surface area (Å²) in [6, 6.07) is 23.2. The van der Waals surface area contributed by atoms with Crippen molar-refractivity contribution in [3.05, 3.63) is 119 Å². The lowest BCUT2D eigenvalue weighted by Crippen LogP contribution is -2.47. The lowest BCUT2D eigenvalue weighted by molar-refractivity contribution is -0.119. The van der Waals surface area contributed by atoms with Crippen LogP contribution in [0.3, 0.4) is 0 Å². The van der Waals surface area contributed by atoms with E-state index in [-0.39, 0.29) is 21.6 Å². The molecule has 42 heavy (non-hydrogen) atoms. The molecule has 0 fully saturated rings. The second kappa shape index (κ2) is 15.3. The Morgan fingerprint density at radius 1 is 0.524 bits per heavy atom. The van der Waals surface area contributed by atoms with E-state index >= 15 is 0 Å². The Morgan fingerprint density at radius 2 is 0.857 bits per heavy atom. The molecule has 10 N–H and O–H groups in total. The van der Waals surface area contributed by atoms with Crippen LogP contribution in [0.5, 0.6) is 0 Å². The van der Waals surface area contributed by atoms with Crippen molar-refractivity contribution < 1.29 is 19.2 Å². The number of hydrogen-bond donors (Lipinski definition) is 8. The van der Waals surface area contributed by atoms with Crippen LogP contribution in [0.4, 0.5) is 0 Å². The normalized spacial score (nSPS) is 11.0. The molecule has 0 radical (unpaired) electrons. The molecule has 0 aromatic heterocycles. The Bertz CT molecular complexity index is 1430. The van der Waals surface area contributed by atoms with Gasteiger partial charge < -0.3 is 22.1 Å². The number of hydrazine groups is 2. The molecule has 0 bridgehead atoms. The number of carbonyl (C=O) groups excluding carboxylic acids is 4. The molecule has 3 rings (SSSR count). The Balaban J connectivity index is 1.87. The number of carbonyl (C=O) groups is 4. The van der Waals surface area contributed by atoms with Gasteiger partial charge in [-0.3, -0.25) is 40.9 Å². The van der Waals surface area contributed by atoms with Gasteiger partial charge in [0.05, 0.1) is 0 Å². The summed E-state index contributed by atoms with van der Waals surface area (Å²) in [5.74, 6) is -2.43. The molecule has 0 aliphatic carbocycles. The van der Waals surface area contributed by atoms with Crippen LogP contribution in [0.25, 0.3) is 12.2 Å². The van der Waals surface area contributed by atoms with Crippen LogP contribution in [0.15, 0.2) is 96.3 Å². The quantitative estimate of drug-likeness (QED) is 0.105. The van der Waals surface area contributed by atoms with Gasteiger partial charge >= 0.3 is 0 Å². The highest BCUT2D eigenvalue weighted by atomic mass is 32.1. The minimum absolute atomic E-state index is 0.102. The molecule has 14 heteroatoms. The van der Waals surface area contributed by atoms with Gasteiger partial charge in [-0.25, -0.2) is 0 Å². The Morgan fingerprint density at radius 3 is 1.17 bits per heavy atom. The molecule has 12 nitrogen and oxygen atoms in total. The Kier molecular flexibility index (Phi) is 11.2. The summed E-state index contributed by atoms with van der Waals surface area (Å²) in [5, 5.41) is 4.81. The lowest BCUT2D eigenvalue weighted by atomic mass is 10.1. The maximum absolute atomic E-state index is 12.7. The third-order valence-corrected chi connectivity index (χ3v) is 5.42. The van der Waals surface area contributed by atoms with Crippen molar-refractivity contribution in [2.75, 3.05) is 0 Å². The summed E-state index contributed by atoms with van der Waals surface area (Å²) in [4.78, 5) is 50.9. The van der Waals surface area contributed by atoms with Crippen molar-refractivity contribution in [1.82, 2.24) is 32.3 Å². The van der Waals surface area contributed by atoms with Gasteiger partial charge in [-0.1, -0.05) is 60.7 Å². The topological polar surface area (TPSA) is 192 Å². The number of benzene rings is 3. The molecule has 3 aromatic rings. The largest absolute Gasteiger partial charge is 0.375 e. The average molecular weight is 603 g/mol. The summed E-state index contributed by atoms with van der Waals surface area (Å²) < 4.78 is 0. The highest BCUT2D eigenvalue weighted by molar-refractivity contribution is 7.80. The molecular weight excluding hydrogens is 576 g/mol. The van der Waals surface area contributed by atoms with Crippen LogP contribution >= 0.6 is 24.4 Å². The van der Waals surface area contributed by atoms with E-state index in [9.17, 15) is 19.2 Å². The summed E-state index contributed by atoms with van der Waals surface area (Å²) in [6.07, 6.45) is 2.86. The van der Waals surface area contributed by atoms with Crippen molar-refractivity contribution in [3.63, 3.8) is 0 Å². The monoisotopic (exact) mass is 602 g/mol. The van der Waals surface area contributed by atoms with E-state index in [1.165, 1.54) is 12.2 Å². The first-order chi connectivity index (χ1) is 20.1. The maximum atomic E-state index is 12.7. The molecule has 0 aliphatic heterocycles. The number of hydrogen-bond acceptors (Lipinski definition) is 6. The molecular formula is C28H26N8O4S2. The van der Waals surface area contributed by atoms with Gasteiger partial charge in [0.15, 0.2) is 10.2 Å². The van der Waals surface area contributed by atoms with E-state index in [1.54, 1.807) is 84.9 Å². The average Bonchev–Trinajstić information content (AvgIpc) is 2.99. The van der Waals surface area contributed by atoms with Gasteiger partial charge in [-0.15, -0.1) is 0 Å². The van der Waals surface area contributed by atoms with Gasteiger partial charge in [0.1, 0.15) is 11.4 Å². The number of rotatable bonds is 8. The molecule has 3 aromatic carbocycles. The summed E-state index contributed by atoms with van der Waals surface area (Å²) in [6.45, 7) is 0. The zero-order valence-corrected chi connectivity index (χ0v) is 23.5. The number of amides is 4. The zero-order chi connectivity index (χ0) is 30.5. The first-order valence-corrected chi connectivity index (χ1v) is 12.9. The fourth-order valence-corrected chi connectivity index (χ4v) is 3.38. The van der Waals surface area contributed by atoms with Crippen molar-refractivity contribution in [2.24, 2.45) is 11.5 Å². The van der Waals surface area contributed by atoms with E-state index in [2.05, 4.69) is 32.3 Å². The van der Waals surface area contributed by atoms with Crippen LogP contribution < -0.4 is 43.8 Å². The minimum atomic E-state index is -0.705. The van der Waals surface area contributed by atoms with Crippen molar-refractivity contribution in [2.45, 2.75) is 0 Å². The van der Waals surface area contributed by atoms with Gasteiger partial charge in [-0.2, -0.15) is 0 Å².